The first kappa shape index (κ1) is 28.7. The van der Waals surface area contributed by atoms with E-state index in [-0.39, 0.29) is 12.5 Å². The van der Waals surface area contributed by atoms with E-state index in [1.54, 1.807) is 68.6 Å². The minimum atomic E-state index is -0.400. The van der Waals surface area contributed by atoms with Crippen molar-refractivity contribution in [3.63, 3.8) is 0 Å². The van der Waals surface area contributed by atoms with Crippen molar-refractivity contribution >= 4 is 52.2 Å². The fraction of sp³-hybridized carbons (Fsp3) is 0.200. The molecular weight excluding hydrogens is 550 g/mol. The maximum atomic E-state index is 13.0. The summed E-state index contributed by atoms with van der Waals surface area (Å²) in [5, 5.41) is 10.2. The number of hydrogen-bond acceptors (Lipinski definition) is 8. The number of hydrogen-bond donors (Lipinski definition) is 0. The monoisotopic (exact) mass is 575 g/mol. The number of ether oxygens (including phenoxy) is 3. The van der Waals surface area contributed by atoms with Gasteiger partial charge in [0.2, 0.25) is 0 Å². The predicted octanol–water partition coefficient (Wildman–Crippen LogP) is 6.60. The molecule has 40 heavy (non-hydrogen) atoms. The number of carbonyl (C=O) groups excluding carboxylic acids is 2. The lowest BCUT2D eigenvalue weighted by Gasteiger charge is -2.15. The van der Waals surface area contributed by atoms with Crippen LogP contribution in [0.25, 0.3) is 6.08 Å². The van der Waals surface area contributed by atoms with Gasteiger partial charge in [-0.3, -0.25) is 9.69 Å². The molecule has 0 unspecified atom stereocenters. The van der Waals surface area contributed by atoms with Crippen molar-refractivity contribution in [3.05, 3.63) is 92.8 Å². The quantitative estimate of drug-likeness (QED) is 0.209. The van der Waals surface area contributed by atoms with E-state index < -0.39 is 5.97 Å². The van der Waals surface area contributed by atoms with E-state index in [1.807, 2.05) is 19.1 Å². The molecule has 1 fully saturated rings. The van der Waals surface area contributed by atoms with Crippen LogP contribution in [0.1, 0.15) is 40.9 Å². The average molecular weight is 576 g/mol. The Morgan fingerprint density at radius 2 is 1.85 bits per heavy atom. The Balaban J connectivity index is 1.56. The van der Waals surface area contributed by atoms with Crippen LogP contribution in [0.15, 0.2) is 70.6 Å². The van der Waals surface area contributed by atoms with Gasteiger partial charge < -0.3 is 14.2 Å². The molecule has 0 aliphatic carbocycles. The van der Waals surface area contributed by atoms with Gasteiger partial charge in [0.1, 0.15) is 6.61 Å². The van der Waals surface area contributed by atoms with Crippen molar-refractivity contribution in [1.29, 1.82) is 5.26 Å². The minimum Gasteiger partial charge on any atom is -0.490 e. The highest BCUT2D eigenvalue weighted by molar-refractivity contribution is 8.18. The average Bonchev–Trinajstić information content (AvgIpc) is 3.21. The molecule has 1 saturated heterocycles. The Kier molecular flexibility index (Phi) is 9.48. The fourth-order valence-corrected chi connectivity index (χ4v) is 5.04. The second-order valence-corrected chi connectivity index (χ2v) is 9.87. The van der Waals surface area contributed by atoms with Gasteiger partial charge in [-0.1, -0.05) is 29.8 Å². The van der Waals surface area contributed by atoms with E-state index >= 15 is 0 Å². The van der Waals surface area contributed by atoms with Crippen LogP contribution in [0, 0.1) is 11.3 Å². The van der Waals surface area contributed by atoms with Gasteiger partial charge in [-0.25, -0.2) is 9.79 Å². The second kappa shape index (κ2) is 13.2. The molecule has 3 aromatic rings. The number of nitriles is 1. The molecule has 4 rings (SSSR count). The Bertz CT molecular complexity index is 1530. The zero-order valence-electron chi connectivity index (χ0n) is 22.1. The molecular formula is C30H26ClN3O5S. The first-order valence-electron chi connectivity index (χ1n) is 12.4. The number of amidine groups is 1. The fourth-order valence-electron chi connectivity index (χ4n) is 3.78. The molecule has 0 saturated carbocycles. The summed E-state index contributed by atoms with van der Waals surface area (Å²) < 4.78 is 16.8. The lowest BCUT2D eigenvalue weighted by atomic mass is 10.1. The second-order valence-electron chi connectivity index (χ2n) is 8.46. The SMILES string of the molecule is CCOC(=O)c1ccc(N=C2SC(=Cc3cc(Cl)c(OCc4ccccc4C#N)c(OCC)c3)C(=O)N2C)cc1. The number of amides is 1. The summed E-state index contributed by atoms with van der Waals surface area (Å²) in [7, 11) is 1.65. The summed E-state index contributed by atoms with van der Waals surface area (Å²) in [6.07, 6.45) is 1.72. The first-order valence-corrected chi connectivity index (χ1v) is 13.6. The summed E-state index contributed by atoms with van der Waals surface area (Å²) in [6, 6.07) is 19.4. The summed E-state index contributed by atoms with van der Waals surface area (Å²) >= 11 is 7.82. The predicted molar refractivity (Wildman–Crippen MR) is 156 cm³/mol. The molecule has 1 heterocycles. The van der Waals surface area contributed by atoms with Gasteiger partial charge in [-0.15, -0.1) is 0 Å². The Labute approximate surface area is 241 Å². The van der Waals surface area contributed by atoms with Crippen molar-refractivity contribution in [2.24, 2.45) is 4.99 Å². The molecule has 0 atom stereocenters. The van der Waals surface area contributed by atoms with Crippen LogP contribution >= 0.6 is 23.4 Å². The molecule has 8 nitrogen and oxygen atoms in total. The van der Waals surface area contributed by atoms with E-state index in [0.29, 0.717) is 62.2 Å². The van der Waals surface area contributed by atoms with Crippen molar-refractivity contribution in [3.8, 4) is 17.6 Å². The maximum absolute atomic E-state index is 13.0. The summed E-state index contributed by atoms with van der Waals surface area (Å²) in [5.41, 5.74) is 2.93. The van der Waals surface area contributed by atoms with Gasteiger partial charge in [0, 0.05) is 12.6 Å². The van der Waals surface area contributed by atoms with Gasteiger partial charge in [-0.05, 0) is 79.7 Å². The number of aliphatic imine (C=N–C) groups is 1. The van der Waals surface area contributed by atoms with Crippen LogP contribution in [-0.2, 0) is 16.1 Å². The van der Waals surface area contributed by atoms with Gasteiger partial charge in [0.25, 0.3) is 5.91 Å². The summed E-state index contributed by atoms with van der Waals surface area (Å²) in [4.78, 5) is 31.4. The zero-order chi connectivity index (χ0) is 28.6. The zero-order valence-corrected chi connectivity index (χ0v) is 23.7. The smallest absolute Gasteiger partial charge is 0.338 e. The number of thioether (sulfide) groups is 1. The molecule has 0 spiro atoms. The van der Waals surface area contributed by atoms with Gasteiger partial charge >= 0.3 is 5.97 Å². The number of halogens is 1. The third-order valence-electron chi connectivity index (χ3n) is 5.75. The number of carbonyl (C=O) groups is 2. The number of rotatable bonds is 9. The van der Waals surface area contributed by atoms with Crippen molar-refractivity contribution < 1.29 is 23.8 Å². The molecule has 0 bridgehead atoms. The van der Waals surface area contributed by atoms with Crippen molar-refractivity contribution in [1.82, 2.24) is 4.90 Å². The Hall–Kier alpha value is -4.26. The number of nitrogens with zero attached hydrogens (tertiary/aromatic N) is 3. The summed E-state index contributed by atoms with van der Waals surface area (Å²) in [6.45, 7) is 4.42. The highest BCUT2D eigenvalue weighted by Crippen LogP contribution is 2.40. The highest BCUT2D eigenvalue weighted by Gasteiger charge is 2.30. The van der Waals surface area contributed by atoms with Gasteiger partial charge in [-0.2, -0.15) is 5.26 Å². The molecule has 1 amide bonds. The molecule has 0 radical (unpaired) electrons. The van der Waals surface area contributed by atoms with E-state index in [2.05, 4.69) is 11.1 Å². The van der Waals surface area contributed by atoms with Crippen LogP contribution < -0.4 is 9.47 Å². The molecule has 3 aromatic carbocycles. The number of likely N-dealkylation sites (N-methyl/N-ethyl adjacent to an activating group) is 1. The molecule has 0 N–H and O–H groups in total. The lowest BCUT2D eigenvalue weighted by molar-refractivity contribution is -0.121. The van der Waals surface area contributed by atoms with Crippen LogP contribution in [0.3, 0.4) is 0 Å². The van der Waals surface area contributed by atoms with Crippen LogP contribution in [0.2, 0.25) is 5.02 Å². The third kappa shape index (κ3) is 6.65. The van der Waals surface area contributed by atoms with Crippen LogP contribution in [0.4, 0.5) is 5.69 Å². The van der Waals surface area contributed by atoms with E-state index in [4.69, 9.17) is 25.8 Å². The minimum absolute atomic E-state index is 0.143. The molecule has 10 heteroatoms. The number of esters is 1. The molecule has 1 aliphatic rings. The van der Waals surface area contributed by atoms with E-state index in [9.17, 15) is 14.9 Å². The summed E-state index contributed by atoms with van der Waals surface area (Å²) in [5.74, 6) is 0.169. The largest absolute Gasteiger partial charge is 0.490 e. The van der Waals surface area contributed by atoms with Gasteiger partial charge in [0.15, 0.2) is 16.7 Å². The standard InChI is InChI=1S/C30H26ClN3O5S/c1-4-37-25-15-19(14-24(31)27(25)39-18-22-9-7-6-8-21(22)17-32)16-26-28(35)34(3)30(40-26)33-23-12-10-20(11-13-23)29(36)38-5-2/h6-16H,4-5,18H2,1-3H3. The lowest BCUT2D eigenvalue weighted by Crippen LogP contribution is -2.23. The number of benzene rings is 3. The topological polar surface area (TPSA) is 101 Å². The maximum Gasteiger partial charge on any atom is 0.338 e. The Morgan fingerprint density at radius 1 is 1.10 bits per heavy atom. The van der Waals surface area contributed by atoms with Crippen molar-refractivity contribution in [2.45, 2.75) is 20.5 Å². The van der Waals surface area contributed by atoms with Gasteiger partial charge in [0.05, 0.1) is 46.0 Å². The molecule has 204 valence electrons. The van der Waals surface area contributed by atoms with Crippen molar-refractivity contribution in [2.75, 3.05) is 20.3 Å². The normalized spacial score (nSPS) is 14.9. The molecule has 1 aliphatic heterocycles. The third-order valence-corrected chi connectivity index (χ3v) is 7.09. The van der Waals surface area contributed by atoms with E-state index in [1.165, 1.54) is 16.7 Å². The first-order chi connectivity index (χ1) is 19.3. The van der Waals surface area contributed by atoms with E-state index in [0.717, 1.165) is 5.56 Å². The van der Waals surface area contributed by atoms with Crippen LogP contribution in [0.5, 0.6) is 11.5 Å². The Morgan fingerprint density at radius 3 is 2.55 bits per heavy atom. The molecule has 0 aromatic heterocycles. The van der Waals surface area contributed by atoms with Crippen LogP contribution in [-0.4, -0.2) is 42.2 Å². The highest BCUT2D eigenvalue weighted by atomic mass is 35.5.